The van der Waals surface area contributed by atoms with Crippen LogP contribution in [0.3, 0.4) is 0 Å². The number of carboxylic acid groups (broad SMARTS) is 1. The first-order valence-corrected chi connectivity index (χ1v) is 10.2. The number of nitrogens with two attached hydrogens (primary N) is 1. The molecule has 3 saturated heterocycles. The molecule has 7 heteroatoms. The van der Waals surface area contributed by atoms with Gasteiger partial charge in [0.1, 0.15) is 18.2 Å². The van der Waals surface area contributed by atoms with Gasteiger partial charge < -0.3 is 15.6 Å². The SMILES string of the molecule is NC1NC2OC3NCC(CCC4CCCC4)CC3C(=O)C2CC1C(=O)O. The van der Waals surface area contributed by atoms with Gasteiger partial charge in [0.25, 0.3) is 0 Å². The minimum absolute atomic E-state index is 0.148. The van der Waals surface area contributed by atoms with Crippen LogP contribution in [0.15, 0.2) is 0 Å². The highest BCUT2D eigenvalue weighted by Crippen LogP contribution is 2.39. The highest BCUT2D eigenvalue weighted by Gasteiger charge is 2.51. The van der Waals surface area contributed by atoms with Crippen LogP contribution in [-0.4, -0.2) is 42.0 Å². The van der Waals surface area contributed by atoms with E-state index < -0.39 is 30.2 Å². The maximum Gasteiger partial charge on any atom is 0.309 e. The fourth-order valence-corrected chi connectivity index (χ4v) is 5.44. The van der Waals surface area contributed by atoms with Crippen molar-refractivity contribution in [3.63, 3.8) is 0 Å². The molecule has 7 nitrogen and oxygen atoms in total. The summed E-state index contributed by atoms with van der Waals surface area (Å²) in [5.74, 6) is -0.734. The van der Waals surface area contributed by atoms with Crippen LogP contribution in [-0.2, 0) is 14.3 Å². The number of carboxylic acids is 1. The highest BCUT2D eigenvalue weighted by atomic mass is 16.5. The first kappa shape index (κ1) is 18.3. The number of ketones is 1. The molecule has 4 aliphatic rings. The molecule has 146 valence electrons. The molecule has 4 rings (SSSR count). The summed E-state index contributed by atoms with van der Waals surface area (Å²) in [7, 11) is 0. The Morgan fingerprint density at radius 1 is 1.12 bits per heavy atom. The van der Waals surface area contributed by atoms with Gasteiger partial charge in [-0.2, -0.15) is 0 Å². The molecule has 1 saturated carbocycles. The fraction of sp³-hybridized carbons (Fsp3) is 0.895. The van der Waals surface area contributed by atoms with Crippen LogP contribution in [0.2, 0.25) is 0 Å². The molecule has 3 heterocycles. The summed E-state index contributed by atoms with van der Waals surface area (Å²) in [6.07, 6.45) is 7.59. The molecular formula is C19H31N3O4. The first-order chi connectivity index (χ1) is 12.5. The number of carbonyl (C=O) groups is 2. The predicted molar refractivity (Wildman–Crippen MR) is 94.8 cm³/mol. The molecule has 7 unspecified atom stereocenters. The van der Waals surface area contributed by atoms with E-state index in [0.717, 1.165) is 18.9 Å². The Kier molecular flexibility index (Phi) is 5.32. The Morgan fingerprint density at radius 2 is 1.81 bits per heavy atom. The van der Waals surface area contributed by atoms with E-state index in [9.17, 15) is 14.7 Å². The summed E-state index contributed by atoms with van der Waals surface area (Å²) in [5.41, 5.74) is 5.92. The summed E-state index contributed by atoms with van der Waals surface area (Å²) >= 11 is 0. The summed E-state index contributed by atoms with van der Waals surface area (Å²) in [4.78, 5) is 24.5. The van der Waals surface area contributed by atoms with Gasteiger partial charge >= 0.3 is 5.97 Å². The number of nitrogens with one attached hydrogen (secondary N) is 2. The molecular weight excluding hydrogens is 334 g/mol. The van der Waals surface area contributed by atoms with E-state index in [2.05, 4.69) is 10.6 Å². The number of hydrogen-bond acceptors (Lipinski definition) is 6. The molecule has 26 heavy (non-hydrogen) atoms. The molecule has 0 aromatic heterocycles. The summed E-state index contributed by atoms with van der Waals surface area (Å²) in [5, 5.41) is 15.8. The van der Waals surface area contributed by atoms with Crippen molar-refractivity contribution in [3.8, 4) is 0 Å². The van der Waals surface area contributed by atoms with E-state index in [0.29, 0.717) is 5.92 Å². The van der Waals surface area contributed by atoms with Crippen molar-refractivity contribution in [2.45, 2.75) is 70.0 Å². The molecule has 0 aromatic carbocycles. The lowest BCUT2D eigenvalue weighted by Crippen LogP contribution is -2.67. The van der Waals surface area contributed by atoms with Crippen LogP contribution in [0.4, 0.5) is 0 Å². The number of Topliss-reactive ketones (excluding diaryl/α,β-unsaturated/α-hetero) is 1. The largest absolute Gasteiger partial charge is 0.481 e. The first-order valence-electron chi connectivity index (χ1n) is 10.2. The van der Waals surface area contributed by atoms with Crippen LogP contribution >= 0.6 is 0 Å². The average Bonchev–Trinajstić information content (AvgIpc) is 3.13. The van der Waals surface area contributed by atoms with E-state index in [4.69, 9.17) is 10.5 Å². The van der Waals surface area contributed by atoms with Crippen LogP contribution in [0, 0.1) is 29.6 Å². The molecule has 0 bridgehead atoms. The number of piperidine rings is 2. The molecule has 0 amide bonds. The Labute approximate surface area is 154 Å². The van der Waals surface area contributed by atoms with Crippen molar-refractivity contribution in [2.24, 2.45) is 35.3 Å². The Balaban J connectivity index is 1.37. The van der Waals surface area contributed by atoms with Crippen molar-refractivity contribution in [3.05, 3.63) is 0 Å². The third kappa shape index (κ3) is 3.54. The minimum Gasteiger partial charge on any atom is -0.481 e. The second-order valence-corrected chi connectivity index (χ2v) is 8.70. The second kappa shape index (κ2) is 7.54. The normalized spacial score (nSPS) is 43.7. The molecule has 3 aliphatic heterocycles. The van der Waals surface area contributed by atoms with Crippen LogP contribution in [0.5, 0.6) is 0 Å². The molecule has 1 aliphatic carbocycles. The quantitative estimate of drug-likeness (QED) is 0.588. The third-order valence-electron chi connectivity index (χ3n) is 7.02. The standard InChI is InChI=1S/C19H31N3O4/c20-16-14(19(24)25)8-13-15(23)12-7-11(6-5-10-3-1-2-4-10)9-21-17(12)26-18(13)22-16/h10-14,16-18,21-22H,1-9,20H2,(H,24,25). The van der Waals surface area contributed by atoms with Gasteiger partial charge in [-0.05, 0) is 31.1 Å². The van der Waals surface area contributed by atoms with E-state index in [1.807, 2.05) is 0 Å². The molecule has 0 radical (unpaired) electrons. The zero-order valence-electron chi connectivity index (χ0n) is 15.2. The maximum atomic E-state index is 13.1. The van der Waals surface area contributed by atoms with E-state index in [-0.39, 0.29) is 24.3 Å². The van der Waals surface area contributed by atoms with E-state index in [1.54, 1.807) is 0 Å². The lowest BCUT2D eigenvalue weighted by molar-refractivity contribution is -0.188. The van der Waals surface area contributed by atoms with Crippen molar-refractivity contribution in [2.75, 3.05) is 6.54 Å². The molecule has 0 aromatic rings. The number of hydrogen-bond donors (Lipinski definition) is 4. The van der Waals surface area contributed by atoms with Gasteiger partial charge in [0.2, 0.25) is 0 Å². The van der Waals surface area contributed by atoms with Crippen LogP contribution < -0.4 is 16.4 Å². The van der Waals surface area contributed by atoms with Crippen molar-refractivity contribution >= 4 is 11.8 Å². The smallest absolute Gasteiger partial charge is 0.309 e. The Bertz CT molecular complexity index is 551. The van der Waals surface area contributed by atoms with Crippen LogP contribution in [0.25, 0.3) is 0 Å². The summed E-state index contributed by atoms with van der Waals surface area (Å²) < 4.78 is 6.07. The summed E-state index contributed by atoms with van der Waals surface area (Å²) in [6, 6.07) is 0. The van der Waals surface area contributed by atoms with Gasteiger partial charge in [-0.3, -0.25) is 20.2 Å². The van der Waals surface area contributed by atoms with Crippen molar-refractivity contribution in [1.82, 2.24) is 10.6 Å². The van der Waals surface area contributed by atoms with Gasteiger partial charge in [0.05, 0.1) is 23.9 Å². The van der Waals surface area contributed by atoms with Crippen molar-refractivity contribution in [1.29, 1.82) is 0 Å². The maximum absolute atomic E-state index is 13.1. The highest BCUT2D eigenvalue weighted by molar-refractivity contribution is 5.86. The van der Waals surface area contributed by atoms with Gasteiger partial charge in [-0.25, -0.2) is 0 Å². The topological polar surface area (TPSA) is 114 Å². The zero-order valence-corrected chi connectivity index (χ0v) is 15.2. The molecule has 0 spiro atoms. The number of aliphatic carboxylic acids is 1. The molecule has 5 N–H and O–H groups in total. The van der Waals surface area contributed by atoms with Crippen molar-refractivity contribution < 1.29 is 19.4 Å². The van der Waals surface area contributed by atoms with Gasteiger partial charge in [-0.1, -0.05) is 32.1 Å². The summed E-state index contributed by atoms with van der Waals surface area (Å²) in [6.45, 7) is 0.891. The fourth-order valence-electron chi connectivity index (χ4n) is 5.44. The molecule has 4 fully saturated rings. The Morgan fingerprint density at radius 3 is 2.54 bits per heavy atom. The van der Waals surface area contributed by atoms with E-state index >= 15 is 0 Å². The van der Waals surface area contributed by atoms with Crippen LogP contribution in [0.1, 0.15) is 51.4 Å². The lowest BCUT2D eigenvalue weighted by atomic mass is 9.73. The zero-order chi connectivity index (χ0) is 18.3. The lowest BCUT2D eigenvalue weighted by Gasteiger charge is -2.49. The number of carbonyl (C=O) groups excluding carboxylic acids is 1. The number of ether oxygens (including phenoxy) is 1. The monoisotopic (exact) mass is 365 g/mol. The van der Waals surface area contributed by atoms with Gasteiger partial charge in [0, 0.05) is 6.54 Å². The average molecular weight is 365 g/mol. The number of fused-ring (bicyclic) bond motifs is 2. The van der Waals surface area contributed by atoms with Gasteiger partial charge in [0.15, 0.2) is 0 Å². The van der Waals surface area contributed by atoms with E-state index in [1.165, 1.54) is 38.5 Å². The predicted octanol–water partition coefficient (Wildman–Crippen LogP) is 1.03. The number of rotatable bonds is 4. The van der Waals surface area contributed by atoms with Gasteiger partial charge in [-0.15, -0.1) is 0 Å². The minimum atomic E-state index is -0.949. The third-order valence-corrected chi connectivity index (χ3v) is 7.02. The Hall–Kier alpha value is -1.02. The molecule has 7 atom stereocenters. The second-order valence-electron chi connectivity index (χ2n) is 8.70.